The molecule has 0 radical (unpaired) electrons. The van der Waals surface area contributed by atoms with E-state index in [0.717, 1.165) is 43.7 Å². The molecule has 0 saturated carbocycles. The Morgan fingerprint density at radius 3 is 2.71 bits per heavy atom. The van der Waals surface area contributed by atoms with E-state index in [0.29, 0.717) is 6.54 Å². The summed E-state index contributed by atoms with van der Waals surface area (Å²) in [5, 5.41) is 3.29. The van der Waals surface area contributed by atoms with Gasteiger partial charge in [0.1, 0.15) is 0 Å². The maximum atomic E-state index is 12.2. The molecule has 1 aromatic carbocycles. The van der Waals surface area contributed by atoms with Crippen LogP contribution in [0.25, 0.3) is 0 Å². The van der Waals surface area contributed by atoms with Gasteiger partial charge >= 0.3 is 0 Å². The van der Waals surface area contributed by atoms with Crippen molar-refractivity contribution < 1.29 is 4.79 Å². The van der Waals surface area contributed by atoms with Gasteiger partial charge in [-0.15, -0.1) is 0 Å². The topological polar surface area (TPSA) is 58.4 Å². The molecule has 1 saturated heterocycles. The highest BCUT2D eigenvalue weighted by Crippen LogP contribution is 2.08. The predicted molar refractivity (Wildman–Crippen MR) is 67.7 cm³/mol. The van der Waals surface area contributed by atoms with Gasteiger partial charge in [0.2, 0.25) is 0 Å². The molecule has 3 N–H and O–H groups in total. The van der Waals surface area contributed by atoms with Crippen LogP contribution < -0.4 is 11.1 Å². The van der Waals surface area contributed by atoms with E-state index in [2.05, 4.69) is 5.32 Å². The Morgan fingerprint density at radius 1 is 1.24 bits per heavy atom. The number of hydrogen-bond acceptors (Lipinski definition) is 3. The van der Waals surface area contributed by atoms with Gasteiger partial charge in [-0.25, -0.2) is 0 Å². The van der Waals surface area contributed by atoms with Crippen molar-refractivity contribution in [2.75, 3.05) is 26.2 Å². The fraction of sp³-hybridized carbons (Fsp3) is 0.462. The molecule has 4 nitrogen and oxygen atoms in total. The second-order valence-electron chi connectivity index (χ2n) is 4.30. The van der Waals surface area contributed by atoms with Crippen LogP contribution >= 0.6 is 0 Å². The first-order valence-corrected chi connectivity index (χ1v) is 6.10. The molecular weight excluding hydrogens is 214 g/mol. The molecule has 0 atom stereocenters. The van der Waals surface area contributed by atoms with Crippen LogP contribution in [0.4, 0.5) is 0 Å². The molecule has 1 aliphatic heterocycles. The molecule has 1 amide bonds. The Labute approximate surface area is 102 Å². The number of rotatable bonds is 2. The lowest BCUT2D eigenvalue weighted by Gasteiger charge is -2.20. The Kier molecular flexibility index (Phi) is 4.12. The highest BCUT2D eigenvalue weighted by molar-refractivity contribution is 5.94. The third-order valence-electron chi connectivity index (χ3n) is 3.06. The predicted octanol–water partition coefficient (Wildman–Crippen LogP) is 0.581. The summed E-state index contributed by atoms with van der Waals surface area (Å²) in [6.45, 7) is 4.02. The summed E-state index contributed by atoms with van der Waals surface area (Å²) in [7, 11) is 0. The summed E-state index contributed by atoms with van der Waals surface area (Å²) in [6, 6.07) is 7.57. The Morgan fingerprint density at radius 2 is 2.00 bits per heavy atom. The number of nitrogens with zero attached hydrogens (tertiary/aromatic N) is 1. The van der Waals surface area contributed by atoms with E-state index in [1.807, 2.05) is 29.2 Å². The van der Waals surface area contributed by atoms with E-state index in [1.165, 1.54) is 0 Å². The summed E-state index contributed by atoms with van der Waals surface area (Å²) in [4.78, 5) is 14.1. The molecule has 0 spiro atoms. The average molecular weight is 233 g/mol. The number of carbonyl (C=O) groups is 1. The van der Waals surface area contributed by atoms with Crippen LogP contribution in [0.5, 0.6) is 0 Å². The Balaban J connectivity index is 2.06. The number of hydrogen-bond donors (Lipinski definition) is 2. The highest BCUT2D eigenvalue weighted by atomic mass is 16.2. The minimum Gasteiger partial charge on any atom is -0.337 e. The molecule has 92 valence electrons. The lowest BCUT2D eigenvalue weighted by molar-refractivity contribution is 0.0766. The molecule has 4 heteroatoms. The van der Waals surface area contributed by atoms with Crippen molar-refractivity contribution in [3.8, 4) is 0 Å². The van der Waals surface area contributed by atoms with Crippen LogP contribution in [0.3, 0.4) is 0 Å². The van der Waals surface area contributed by atoms with E-state index in [9.17, 15) is 4.79 Å². The minimum absolute atomic E-state index is 0.122. The van der Waals surface area contributed by atoms with E-state index >= 15 is 0 Å². The number of nitrogens with one attached hydrogen (secondary N) is 1. The van der Waals surface area contributed by atoms with Crippen LogP contribution in [-0.4, -0.2) is 37.0 Å². The van der Waals surface area contributed by atoms with Crippen molar-refractivity contribution in [3.63, 3.8) is 0 Å². The fourth-order valence-corrected chi connectivity index (χ4v) is 2.01. The Hall–Kier alpha value is -1.39. The van der Waals surface area contributed by atoms with Gasteiger partial charge < -0.3 is 16.0 Å². The monoisotopic (exact) mass is 233 g/mol. The van der Waals surface area contributed by atoms with Crippen LogP contribution in [0.2, 0.25) is 0 Å². The fourth-order valence-electron chi connectivity index (χ4n) is 2.01. The summed E-state index contributed by atoms with van der Waals surface area (Å²) in [5.41, 5.74) is 7.34. The first-order valence-electron chi connectivity index (χ1n) is 6.10. The van der Waals surface area contributed by atoms with Gasteiger partial charge in [-0.2, -0.15) is 0 Å². The average Bonchev–Trinajstić information content (AvgIpc) is 2.67. The van der Waals surface area contributed by atoms with Crippen LogP contribution in [-0.2, 0) is 6.54 Å². The second-order valence-corrected chi connectivity index (χ2v) is 4.30. The molecule has 0 aromatic heterocycles. The number of amides is 1. The van der Waals surface area contributed by atoms with Crippen molar-refractivity contribution in [2.24, 2.45) is 5.73 Å². The SMILES string of the molecule is NCc1ccc(C(=O)N2CCCNCC2)cc1. The zero-order valence-electron chi connectivity index (χ0n) is 9.98. The van der Waals surface area contributed by atoms with Crippen molar-refractivity contribution in [1.29, 1.82) is 0 Å². The molecule has 1 fully saturated rings. The molecule has 2 rings (SSSR count). The lowest BCUT2D eigenvalue weighted by atomic mass is 10.1. The maximum absolute atomic E-state index is 12.2. The summed E-state index contributed by atoms with van der Waals surface area (Å²) < 4.78 is 0. The molecule has 17 heavy (non-hydrogen) atoms. The van der Waals surface area contributed by atoms with Gasteiger partial charge in [0.05, 0.1) is 0 Å². The van der Waals surface area contributed by atoms with Crippen LogP contribution in [0.15, 0.2) is 24.3 Å². The standard InChI is InChI=1S/C13H19N3O/c14-10-11-2-4-12(5-3-11)13(17)16-8-1-6-15-7-9-16/h2-5,15H,1,6-10,14H2. The largest absolute Gasteiger partial charge is 0.337 e. The third kappa shape index (κ3) is 3.05. The van der Waals surface area contributed by atoms with E-state index in [-0.39, 0.29) is 5.91 Å². The molecule has 0 aliphatic carbocycles. The second kappa shape index (κ2) is 5.80. The van der Waals surface area contributed by atoms with Crippen molar-refractivity contribution in [3.05, 3.63) is 35.4 Å². The van der Waals surface area contributed by atoms with Crippen molar-refractivity contribution >= 4 is 5.91 Å². The van der Waals surface area contributed by atoms with Crippen LogP contribution in [0, 0.1) is 0 Å². The lowest BCUT2D eigenvalue weighted by Crippen LogP contribution is -2.34. The van der Waals surface area contributed by atoms with E-state index in [4.69, 9.17) is 5.73 Å². The zero-order chi connectivity index (χ0) is 12.1. The summed E-state index contributed by atoms with van der Waals surface area (Å²) >= 11 is 0. The normalized spacial score (nSPS) is 16.6. The first kappa shape index (κ1) is 12.1. The first-order chi connectivity index (χ1) is 8.31. The van der Waals surface area contributed by atoms with Gasteiger partial charge in [0, 0.05) is 31.7 Å². The zero-order valence-corrected chi connectivity index (χ0v) is 9.98. The number of nitrogens with two attached hydrogens (primary N) is 1. The molecule has 0 unspecified atom stereocenters. The van der Waals surface area contributed by atoms with E-state index < -0.39 is 0 Å². The summed E-state index contributed by atoms with van der Waals surface area (Å²) in [5.74, 6) is 0.122. The molecule has 1 aromatic rings. The smallest absolute Gasteiger partial charge is 0.253 e. The van der Waals surface area contributed by atoms with Gasteiger partial charge in [0.25, 0.3) is 5.91 Å². The van der Waals surface area contributed by atoms with Gasteiger partial charge in [-0.1, -0.05) is 12.1 Å². The van der Waals surface area contributed by atoms with E-state index in [1.54, 1.807) is 0 Å². The number of carbonyl (C=O) groups excluding carboxylic acids is 1. The third-order valence-corrected chi connectivity index (χ3v) is 3.06. The molecule has 1 aliphatic rings. The van der Waals surface area contributed by atoms with Gasteiger partial charge in [0.15, 0.2) is 0 Å². The van der Waals surface area contributed by atoms with Crippen LogP contribution in [0.1, 0.15) is 22.3 Å². The number of benzene rings is 1. The van der Waals surface area contributed by atoms with Gasteiger partial charge in [-0.3, -0.25) is 4.79 Å². The van der Waals surface area contributed by atoms with Crippen molar-refractivity contribution in [1.82, 2.24) is 10.2 Å². The molecule has 0 bridgehead atoms. The van der Waals surface area contributed by atoms with Crippen molar-refractivity contribution in [2.45, 2.75) is 13.0 Å². The highest BCUT2D eigenvalue weighted by Gasteiger charge is 2.16. The minimum atomic E-state index is 0.122. The molecular formula is C13H19N3O. The quantitative estimate of drug-likeness (QED) is 0.785. The van der Waals surface area contributed by atoms with Gasteiger partial charge in [-0.05, 0) is 30.7 Å². The summed E-state index contributed by atoms with van der Waals surface area (Å²) in [6.07, 6.45) is 1.02. The molecule has 1 heterocycles. The maximum Gasteiger partial charge on any atom is 0.253 e. The Bertz CT molecular complexity index is 367.